The summed E-state index contributed by atoms with van der Waals surface area (Å²) in [4.78, 5) is 14.0. The van der Waals surface area contributed by atoms with Crippen molar-refractivity contribution in [3.63, 3.8) is 0 Å². The Hall–Kier alpha value is -2.03. The third-order valence-electron chi connectivity index (χ3n) is 4.27. The largest absolute Gasteiger partial charge is 0.294 e. The molecule has 0 aromatic heterocycles. The summed E-state index contributed by atoms with van der Waals surface area (Å²) >= 11 is 7.78. The molecule has 0 radical (unpaired) electrons. The van der Waals surface area contributed by atoms with E-state index >= 15 is 0 Å². The summed E-state index contributed by atoms with van der Waals surface area (Å²) in [6.45, 7) is 4.15. The fourth-order valence-electron chi connectivity index (χ4n) is 2.74. The minimum absolute atomic E-state index is 0.0600. The second-order valence-electron chi connectivity index (χ2n) is 6.47. The maximum atomic E-state index is 12.8. The Balaban J connectivity index is 1.85. The zero-order valence-electron chi connectivity index (χ0n) is 14.9. The molecule has 3 aromatic carbocycles. The highest BCUT2D eigenvalue weighted by atomic mass is 35.5. The van der Waals surface area contributed by atoms with Crippen molar-refractivity contribution >= 4 is 29.1 Å². The van der Waals surface area contributed by atoms with Crippen molar-refractivity contribution in [2.24, 2.45) is 0 Å². The Bertz CT molecular complexity index is 885. The lowest BCUT2D eigenvalue weighted by atomic mass is 10.0. The summed E-state index contributed by atoms with van der Waals surface area (Å²) < 4.78 is 0. The molecule has 3 rings (SSSR count). The van der Waals surface area contributed by atoms with Gasteiger partial charge in [0.25, 0.3) is 0 Å². The summed E-state index contributed by atoms with van der Waals surface area (Å²) in [5.74, 6) is 0.109. The van der Waals surface area contributed by atoms with Gasteiger partial charge in [-0.1, -0.05) is 71.3 Å². The number of carbonyl (C=O) groups excluding carboxylic acids is 1. The van der Waals surface area contributed by atoms with E-state index in [-0.39, 0.29) is 11.0 Å². The van der Waals surface area contributed by atoms with Crippen LogP contribution in [0.25, 0.3) is 0 Å². The van der Waals surface area contributed by atoms with E-state index in [4.69, 9.17) is 11.6 Å². The fourth-order valence-corrected chi connectivity index (χ4v) is 4.08. The molecular weight excluding hydrogens is 360 g/mol. The van der Waals surface area contributed by atoms with Gasteiger partial charge in [-0.15, -0.1) is 11.8 Å². The minimum Gasteiger partial charge on any atom is -0.294 e. The summed E-state index contributed by atoms with van der Waals surface area (Å²) in [5, 5.41) is 0.652. The van der Waals surface area contributed by atoms with Crippen LogP contribution in [0.4, 0.5) is 0 Å². The molecule has 1 atom stereocenters. The minimum atomic E-state index is 0.0600. The number of Topliss-reactive ketones (excluding diaryl/α,β-unsaturated/α-hetero) is 1. The summed E-state index contributed by atoms with van der Waals surface area (Å²) in [6.07, 6.45) is 0.432. The van der Waals surface area contributed by atoms with E-state index < -0.39 is 0 Å². The van der Waals surface area contributed by atoms with Gasteiger partial charge in [0.15, 0.2) is 5.78 Å². The van der Waals surface area contributed by atoms with Gasteiger partial charge in [-0.05, 0) is 43.7 Å². The van der Waals surface area contributed by atoms with Crippen molar-refractivity contribution in [3.8, 4) is 0 Å². The lowest BCUT2D eigenvalue weighted by Crippen LogP contribution is -2.05. The second-order valence-corrected chi connectivity index (χ2v) is 8.18. The summed E-state index contributed by atoms with van der Waals surface area (Å²) in [5.41, 5.74) is 4.28. The van der Waals surface area contributed by atoms with Gasteiger partial charge in [-0.25, -0.2) is 0 Å². The standard InChI is InChI=1S/C23H21ClOS/c1-16-6-10-18(11-7-16)23(26-21-12-8-17(2)9-13-21)15-22(25)19-4-3-5-20(24)14-19/h3-14,23H,15H2,1-2H3. The van der Waals surface area contributed by atoms with Crippen LogP contribution in [0.1, 0.15) is 38.7 Å². The monoisotopic (exact) mass is 380 g/mol. The van der Waals surface area contributed by atoms with Crippen molar-refractivity contribution in [2.75, 3.05) is 0 Å². The van der Waals surface area contributed by atoms with Crippen LogP contribution in [-0.2, 0) is 0 Å². The molecule has 0 bridgehead atoms. The first kappa shape index (κ1) is 18.8. The van der Waals surface area contributed by atoms with Crippen LogP contribution in [0.15, 0.2) is 77.7 Å². The lowest BCUT2D eigenvalue weighted by Gasteiger charge is -2.17. The zero-order valence-corrected chi connectivity index (χ0v) is 16.5. The van der Waals surface area contributed by atoms with E-state index in [1.165, 1.54) is 16.0 Å². The van der Waals surface area contributed by atoms with E-state index in [1.54, 1.807) is 23.9 Å². The summed E-state index contributed by atoms with van der Waals surface area (Å²) in [6, 6.07) is 24.1. The van der Waals surface area contributed by atoms with Crippen molar-refractivity contribution in [2.45, 2.75) is 30.4 Å². The van der Waals surface area contributed by atoms with Gasteiger partial charge in [0.05, 0.1) is 0 Å². The van der Waals surface area contributed by atoms with Crippen molar-refractivity contribution in [1.82, 2.24) is 0 Å². The van der Waals surface area contributed by atoms with Gasteiger partial charge >= 0.3 is 0 Å². The molecule has 0 amide bonds. The number of hydrogen-bond donors (Lipinski definition) is 0. The second kappa shape index (κ2) is 8.57. The Morgan fingerprint density at radius 1 is 0.923 bits per heavy atom. The smallest absolute Gasteiger partial charge is 0.164 e. The van der Waals surface area contributed by atoms with Gasteiger partial charge in [0.1, 0.15) is 0 Å². The molecule has 0 spiro atoms. The third-order valence-corrected chi connectivity index (χ3v) is 5.77. The number of halogens is 1. The molecule has 0 aliphatic rings. The normalized spacial score (nSPS) is 12.0. The first-order valence-corrected chi connectivity index (χ1v) is 9.86. The first-order valence-electron chi connectivity index (χ1n) is 8.60. The number of hydrogen-bond acceptors (Lipinski definition) is 2. The van der Waals surface area contributed by atoms with Crippen molar-refractivity contribution in [1.29, 1.82) is 0 Å². The lowest BCUT2D eigenvalue weighted by molar-refractivity contribution is 0.0982. The number of ketones is 1. The van der Waals surface area contributed by atoms with E-state index in [1.807, 2.05) is 12.1 Å². The molecule has 1 unspecified atom stereocenters. The van der Waals surface area contributed by atoms with Gasteiger partial charge < -0.3 is 0 Å². The van der Waals surface area contributed by atoms with Crippen molar-refractivity contribution < 1.29 is 4.79 Å². The molecular formula is C23H21ClOS. The third kappa shape index (κ3) is 5.00. The van der Waals surface area contributed by atoms with E-state index in [9.17, 15) is 4.79 Å². The summed E-state index contributed by atoms with van der Waals surface area (Å²) in [7, 11) is 0. The highest BCUT2D eigenvalue weighted by Crippen LogP contribution is 2.39. The maximum Gasteiger partial charge on any atom is 0.164 e. The maximum absolute atomic E-state index is 12.8. The molecule has 1 nitrogen and oxygen atoms in total. The highest BCUT2D eigenvalue weighted by molar-refractivity contribution is 7.99. The van der Waals surface area contributed by atoms with Crippen LogP contribution in [0.5, 0.6) is 0 Å². The van der Waals surface area contributed by atoms with Crippen LogP contribution < -0.4 is 0 Å². The fraction of sp³-hybridized carbons (Fsp3) is 0.174. The zero-order chi connectivity index (χ0) is 18.5. The van der Waals surface area contributed by atoms with E-state index in [0.29, 0.717) is 17.0 Å². The SMILES string of the molecule is Cc1ccc(SC(CC(=O)c2cccc(Cl)c2)c2ccc(C)cc2)cc1. The van der Waals surface area contributed by atoms with Crippen LogP contribution in [-0.4, -0.2) is 5.78 Å². The molecule has 0 fully saturated rings. The molecule has 0 saturated heterocycles. The average Bonchev–Trinajstić information content (AvgIpc) is 2.63. The van der Waals surface area contributed by atoms with Gasteiger partial charge in [0.2, 0.25) is 0 Å². The van der Waals surface area contributed by atoms with Gasteiger partial charge in [0, 0.05) is 27.2 Å². The molecule has 0 saturated carbocycles. The Labute approximate surface area is 164 Å². The number of thioether (sulfide) groups is 1. The number of benzene rings is 3. The Kier molecular flexibility index (Phi) is 6.18. The molecule has 3 heteroatoms. The molecule has 3 aromatic rings. The topological polar surface area (TPSA) is 17.1 Å². The highest BCUT2D eigenvalue weighted by Gasteiger charge is 2.19. The van der Waals surface area contributed by atoms with Gasteiger partial charge in [-0.3, -0.25) is 4.79 Å². The molecule has 0 aliphatic heterocycles. The van der Waals surface area contributed by atoms with Crippen LogP contribution >= 0.6 is 23.4 Å². The van der Waals surface area contributed by atoms with E-state index in [2.05, 4.69) is 62.4 Å². The molecule has 132 valence electrons. The Morgan fingerprint density at radius 3 is 2.15 bits per heavy atom. The molecule has 0 N–H and O–H groups in total. The Morgan fingerprint density at radius 2 is 1.54 bits per heavy atom. The van der Waals surface area contributed by atoms with Crippen LogP contribution in [0, 0.1) is 13.8 Å². The van der Waals surface area contributed by atoms with Crippen molar-refractivity contribution in [3.05, 3.63) is 100 Å². The van der Waals surface area contributed by atoms with Crippen LogP contribution in [0.3, 0.4) is 0 Å². The number of rotatable bonds is 6. The molecule has 0 aliphatic carbocycles. The number of aryl methyl sites for hydroxylation is 2. The van der Waals surface area contributed by atoms with E-state index in [0.717, 1.165) is 5.56 Å². The first-order chi connectivity index (χ1) is 12.5. The quantitative estimate of drug-likeness (QED) is 0.336. The average molecular weight is 381 g/mol. The van der Waals surface area contributed by atoms with Gasteiger partial charge in [-0.2, -0.15) is 0 Å². The number of carbonyl (C=O) groups is 1. The molecule has 0 heterocycles. The van der Waals surface area contributed by atoms with Crippen LogP contribution in [0.2, 0.25) is 5.02 Å². The molecule has 26 heavy (non-hydrogen) atoms. The predicted molar refractivity (Wildman–Crippen MR) is 111 cm³/mol. The predicted octanol–water partition coefficient (Wildman–Crippen LogP) is 7.06.